The zero-order chi connectivity index (χ0) is 17.5. The topological polar surface area (TPSA) is 42.0 Å². The molecule has 2 saturated heterocycles. The average Bonchev–Trinajstić information content (AvgIpc) is 2.87. The van der Waals surface area contributed by atoms with E-state index >= 15 is 0 Å². The zero-order valence-electron chi connectivity index (χ0n) is 14.4. The lowest BCUT2D eigenvalue weighted by Gasteiger charge is -2.35. The molecule has 0 N–H and O–H groups in total. The smallest absolute Gasteiger partial charge is 0.260 e. The van der Waals surface area contributed by atoms with E-state index in [1.807, 2.05) is 16.7 Å². The number of nitrogens with zero attached hydrogens (tertiary/aromatic N) is 2. The largest absolute Gasteiger partial charge is 0.484 e. The molecule has 25 heavy (non-hydrogen) atoms. The van der Waals surface area contributed by atoms with E-state index in [2.05, 4.69) is 4.90 Å². The van der Waals surface area contributed by atoms with Gasteiger partial charge in [-0.2, -0.15) is 11.8 Å². The van der Waals surface area contributed by atoms with Crippen LogP contribution in [0.2, 0.25) is 0 Å². The van der Waals surface area contributed by atoms with E-state index in [4.69, 9.17) is 9.47 Å². The molecule has 5 nitrogen and oxygen atoms in total. The number of benzene rings is 1. The van der Waals surface area contributed by atoms with Gasteiger partial charge in [-0.05, 0) is 36.4 Å². The van der Waals surface area contributed by atoms with Crippen LogP contribution < -0.4 is 4.74 Å². The van der Waals surface area contributed by atoms with Gasteiger partial charge in [-0.3, -0.25) is 9.69 Å². The molecule has 1 amide bonds. The first-order valence-corrected chi connectivity index (χ1v) is 9.93. The van der Waals surface area contributed by atoms with Gasteiger partial charge in [-0.15, -0.1) is 0 Å². The van der Waals surface area contributed by atoms with Crippen LogP contribution in [0.25, 0.3) is 0 Å². The predicted molar refractivity (Wildman–Crippen MR) is 96.6 cm³/mol. The van der Waals surface area contributed by atoms with Gasteiger partial charge >= 0.3 is 0 Å². The van der Waals surface area contributed by atoms with E-state index in [0.29, 0.717) is 5.75 Å². The summed E-state index contributed by atoms with van der Waals surface area (Å²) in [6.07, 6.45) is 1.01. The van der Waals surface area contributed by atoms with Gasteiger partial charge in [0.25, 0.3) is 5.91 Å². The summed E-state index contributed by atoms with van der Waals surface area (Å²) in [5.41, 5.74) is 0. The maximum absolute atomic E-state index is 12.9. The van der Waals surface area contributed by atoms with E-state index in [9.17, 15) is 9.18 Å². The van der Waals surface area contributed by atoms with Crippen molar-refractivity contribution in [1.29, 1.82) is 0 Å². The van der Waals surface area contributed by atoms with Gasteiger partial charge in [0.2, 0.25) is 0 Å². The Morgan fingerprint density at radius 3 is 2.76 bits per heavy atom. The average molecular weight is 368 g/mol. The van der Waals surface area contributed by atoms with Crippen LogP contribution in [0.5, 0.6) is 5.75 Å². The molecule has 3 rings (SSSR count). The number of thioether (sulfide) groups is 1. The molecule has 2 aliphatic heterocycles. The molecule has 0 saturated carbocycles. The molecule has 2 fully saturated rings. The molecule has 1 atom stereocenters. The van der Waals surface area contributed by atoms with Crippen LogP contribution in [-0.2, 0) is 9.53 Å². The maximum Gasteiger partial charge on any atom is 0.260 e. The number of halogens is 1. The molecule has 0 radical (unpaired) electrons. The van der Waals surface area contributed by atoms with Crippen LogP contribution in [0.3, 0.4) is 0 Å². The Labute approximate surface area is 152 Å². The number of carbonyl (C=O) groups excluding carboxylic acids is 1. The lowest BCUT2D eigenvalue weighted by Crippen LogP contribution is -2.51. The number of rotatable bonds is 5. The summed E-state index contributed by atoms with van der Waals surface area (Å²) >= 11 is 1.92. The molecule has 0 aromatic heterocycles. The second-order valence-electron chi connectivity index (χ2n) is 6.33. The second kappa shape index (κ2) is 9.40. The highest BCUT2D eigenvalue weighted by atomic mass is 32.2. The highest BCUT2D eigenvalue weighted by Crippen LogP contribution is 2.19. The van der Waals surface area contributed by atoms with E-state index in [-0.39, 0.29) is 24.4 Å². The van der Waals surface area contributed by atoms with Gasteiger partial charge in [-0.25, -0.2) is 4.39 Å². The van der Waals surface area contributed by atoms with Crippen LogP contribution in [0.1, 0.15) is 6.42 Å². The minimum Gasteiger partial charge on any atom is -0.484 e. The van der Waals surface area contributed by atoms with Gasteiger partial charge in [0.15, 0.2) is 6.61 Å². The minimum absolute atomic E-state index is 0.00406. The molecule has 0 spiro atoms. The molecule has 0 aliphatic carbocycles. The number of ether oxygens (including phenoxy) is 2. The van der Waals surface area contributed by atoms with Crippen LogP contribution in [0.15, 0.2) is 24.3 Å². The molecular formula is C18H25FN2O3S. The Bertz CT molecular complexity index is 552. The number of morpholine rings is 1. The highest BCUT2D eigenvalue weighted by molar-refractivity contribution is 7.99. The third-order valence-electron chi connectivity index (χ3n) is 4.51. The van der Waals surface area contributed by atoms with E-state index in [1.165, 1.54) is 12.1 Å². The third kappa shape index (κ3) is 5.59. The van der Waals surface area contributed by atoms with E-state index in [1.54, 1.807) is 12.1 Å². The summed E-state index contributed by atoms with van der Waals surface area (Å²) in [6.45, 7) is 5.04. The van der Waals surface area contributed by atoms with Gasteiger partial charge < -0.3 is 14.4 Å². The Morgan fingerprint density at radius 1 is 1.24 bits per heavy atom. The first-order valence-electron chi connectivity index (χ1n) is 8.78. The molecular weight excluding hydrogens is 343 g/mol. The Morgan fingerprint density at radius 2 is 2.00 bits per heavy atom. The van der Waals surface area contributed by atoms with Crippen molar-refractivity contribution in [2.24, 2.45) is 0 Å². The van der Waals surface area contributed by atoms with E-state index < -0.39 is 0 Å². The number of carbonyl (C=O) groups is 1. The second-order valence-corrected chi connectivity index (χ2v) is 7.47. The SMILES string of the molecule is O=C(COc1ccc(F)cc1)N1CCCSC[C@@H]1CN1CCOCC1. The van der Waals surface area contributed by atoms with Crippen LogP contribution in [0, 0.1) is 5.82 Å². The first kappa shape index (κ1) is 18.5. The molecule has 2 aliphatic rings. The summed E-state index contributed by atoms with van der Waals surface area (Å²) < 4.78 is 23.9. The van der Waals surface area contributed by atoms with Gasteiger partial charge in [0, 0.05) is 31.9 Å². The Hall–Kier alpha value is -1.31. The summed E-state index contributed by atoms with van der Waals surface area (Å²) in [4.78, 5) is 17.1. The van der Waals surface area contributed by atoms with Gasteiger partial charge in [0.1, 0.15) is 11.6 Å². The lowest BCUT2D eigenvalue weighted by molar-refractivity contribution is -0.135. The van der Waals surface area contributed by atoms with Crippen molar-refractivity contribution < 1.29 is 18.7 Å². The normalized spacial score (nSPS) is 22.4. The molecule has 0 bridgehead atoms. The van der Waals surface area contributed by atoms with Crippen molar-refractivity contribution in [2.45, 2.75) is 12.5 Å². The standard InChI is InChI=1S/C18H25FN2O3S/c19-15-2-4-17(5-3-15)24-13-18(22)21-6-1-11-25-14-16(21)12-20-7-9-23-10-8-20/h2-5,16H,1,6-14H2/t16-/m0/s1. The highest BCUT2D eigenvalue weighted by Gasteiger charge is 2.28. The number of hydrogen-bond acceptors (Lipinski definition) is 5. The van der Waals surface area contributed by atoms with Crippen molar-refractivity contribution in [2.75, 3.05) is 57.5 Å². The number of hydrogen-bond donors (Lipinski definition) is 0. The summed E-state index contributed by atoms with van der Waals surface area (Å²) in [5.74, 6) is 2.25. The Kier molecular flexibility index (Phi) is 6.95. The molecule has 2 heterocycles. The maximum atomic E-state index is 12.9. The number of amides is 1. The summed E-state index contributed by atoms with van der Waals surface area (Å²) in [6, 6.07) is 5.97. The fourth-order valence-electron chi connectivity index (χ4n) is 3.15. The summed E-state index contributed by atoms with van der Waals surface area (Å²) in [5, 5.41) is 0. The van der Waals surface area contributed by atoms with Crippen LogP contribution in [0.4, 0.5) is 4.39 Å². The van der Waals surface area contributed by atoms with Crippen molar-refractivity contribution in [3.05, 3.63) is 30.1 Å². The van der Waals surface area contributed by atoms with Gasteiger partial charge in [0.05, 0.1) is 19.3 Å². The van der Waals surface area contributed by atoms with Crippen molar-refractivity contribution >= 4 is 17.7 Å². The predicted octanol–water partition coefficient (Wildman–Crippen LogP) is 1.87. The van der Waals surface area contributed by atoms with Gasteiger partial charge in [-0.1, -0.05) is 0 Å². The van der Waals surface area contributed by atoms with E-state index in [0.717, 1.165) is 57.3 Å². The molecule has 138 valence electrons. The third-order valence-corrected chi connectivity index (χ3v) is 5.71. The van der Waals surface area contributed by atoms with Crippen molar-refractivity contribution in [1.82, 2.24) is 9.80 Å². The van der Waals surface area contributed by atoms with Crippen molar-refractivity contribution in [3.63, 3.8) is 0 Å². The fraction of sp³-hybridized carbons (Fsp3) is 0.611. The van der Waals surface area contributed by atoms with Crippen LogP contribution >= 0.6 is 11.8 Å². The Balaban J connectivity index is 1.57. The molecule has 7 heteroatoms. The summed E-state index contributed by atoms with van der Waals surface area (Å²) in [7, 11) is 0. The first-order chi connectivity index (χ1) is 12.2. The zero-order valence-corrected chi connectivity index (χ0v) is 15.2. The van der Waals surface area contributed by atoms with Crippen LogP contribution in [-0.4, -0.2) is 79.3 Å². The molecule has 1 aromatic carbocycles. The lowest BCUT2D eigenvalue weighted by atomic mass is 10.2. The van der Waals surface area contributed by atoms with Crippen molar-refractivity contribution in [3.8, 4) is 5.75 Å². The quantitative estimate of drug-likeness (QED) is 0.794. The minimum atomic E-state index is -0.311. The molecule has 0 unspecified atom stereocenters. The fourth-order valence-corrected chi connectivity index (χ4v) is 4.21. The molecule has 1 aromatic rings. The monoisotopic (exact) mass is 368 g/mol.